The molecule has 0 unspecified atom stereocenters. The van der Waals surface area contributed by atoms with E-state index in [9.17, 15) is 0 Å². The third-order valence-corrected chi connectivity index (χ3v) is 0. The molecule has 0 aromatic carbocycles. The summed E-state index contributed by atoms with van der Waals surface area (Å²) >= 11 is 0. The molecular formula is H13KO16P4. The fourth-order valence-corrected chi connectivity index (χ4v) is 0. The van der Waals surface area contributed by atoms with Gasteiger partial charge >= 0.3 is 82.7 Å². The van der Waals surface area contributed by atoms with Crippen molar-refractivity contribution in [2.24, 2.45) is 0 Å². The molecule has 0 rings (SSSR count). The Morgan fingerprint density at radius 1 is 0.333 bits per heavy atom. The predicted molar refractivity (Wildman–Crippen MR) is 64.2 cm³/mol. The van der Waals surface area contributed by atoms with Crippen molar-refractivity contribution < 1.29 is 77.0 Å². The Labute approximate surface area is 158 Å². The molecule has 21 heavy (non-hydrogen) atoms. The molecule has 0 saturated heterocycles. The fourth-order valence-electron chi connectivity index (χ4n) is 0. The quantitative estimate of drug-likeness (QED) is 0.127. The molecular weight excluding hydrogens is 419 g/mol. The van der Waals surface area contributed by atoms with Crippen LogP contribution in [0.2, 0.25) is 0 Å². The van der Waals surface area contributed by atoms with Gasteiger partial charge in [0, 0.05) is 0 Å². The van der Waals surface area contributed by atoms with E-state index in [0.717, 1.165) is 0 Å². The van der Waals surface area contributed by atoms with E-state index in [-0.39, 0.29) is 51.4 Å². The Hall–Kier alpha value is 2.08. The summed E-state index contributed by atoms with van der Waals surface area (Å²) in [6, 6.07) is 0. The fraction of sp³-hybridized carbons (Fsp3) is 0. The first-order valence-corrected chi connectivity index (χ1v) is 9.39. The average Bonchev–Trinajstić information content (AvgIpc) is 1.62. The molecule has 0 bridgehead atoms. The SMILES string of the molecule is O=P(O)(O)O.O=P(O)(O)O.O=P(O)(O)O.O=P(O)(O)O.[KH]. The summed E-state index contributed by atoms with van der Waals surface area (Å²) in [4.78, 5) is 86.2. The van der Waals surface area contributed by atoms with Gasteiger partial charge in [0.2, 0.25) is 0 Å². The van der Waals surface area contributed by atoms with E-state index >= 15 is 0 Å². The Morgan fingerprint density at radius 3 is 0.333 bits per heavy atom. The topological polar surface area (TPSA) is 311 Å². The first-order chi connectivity index (χ1) is 8.00. The van der Waals surface area contributed by atoms with Crippen LogP contribution < -0.4 is 0 Å². The number of phosphoric acid groups is 4. The summed E-state index contributed by atoms with van der Waals surface area (Å²) in [6.07, 6.45) is 0. The summed E-state index contributed by atoms with van der Waals surface area (Å²) < 4.78 is 35.5. The van der Waals surface area contributed by atoms with Crippen LogP contribution in [0.15, 0.2) is 0 Å². The Morgan fingerprint density at radius 2 is 0.333 bits per heavy atom. The van der Waals surface area contributed by atoms with Gasteiger partial charge < -0.3 is 58.7 Å². The third-order valence-electron chi connectivity index (χ3n) is 0. The Balaban J connectivity index is -0.0000000533. The van der Waals surface area contributed by atoms with Crippen molar-refractivity contribution in [3.63, 3.8) is 0 Å². The first-order valence-electron chi connectivity index (χ1n) is 3.13. The van der Waals surface area contributed by atoms with Crippen molar-refractivity contribution >= 4 is 82.7 Å². The number of hydrogen-bond acceptors (Lipinski definition) is 4. The molecule has 0 spiro atoms. The number of rotatable bonds is 0. The van der Waals surface area contributed by atoms with Crippen LogP contribution in [0.3, 0.4) is 0 Å². The van der Waals surface area contributed by atoms with Crippen molar-refractivity contribution in [2.45, 2.75) is 0 Å². The molecule has 130 valence electrons. The van der Waals surface area contributed by atoms with E-state index in [1.54, 1.807) is 0 Å². The molecule has 0 aliphatic heterocycles. The van der Waals surface area contributed by atoms with Crippen molar-refractivity contribution in [2.75, 3.05) is 0 Å². The summed E-state index contributed by atoms with van der Waals surface area (Å²) in [5.74, 6) is 0. The van der Waals surface area contributed by atoms with E-state index in [1.165, 1.54) is 0 Å². The molecule has 0 saturated carbocycles. The van der Waals surface area contributed by atoms with Gasteiger partial charge in [-0.25, -0.2) is 18.3 Å². The molecule has 16 nitrogen and oxygen atoms in total. The molecule has 0 aliphatic rings. The molecule has 0 fully saturated rings. The van der Waals surface area contributed by atoms with E-state index in [2.05, 4.69) is 0 Å². The van der Waals surface area contributed by atoms with Crippen LogP contribution in [0, 0.1) is 0 Å². The number of hydrogen-bond donors (Lipinski definition) is 12. The summed E-state index contributed by atoms with van der Waals surface area (Å²) in [6.45, 7) is 0. The van der Waals surface area contributed by atoms with Crippen molar-refractivity contribution in [1.29, 1.82) is 0 Å². The average molecular weight is 432 g/mol. The molecule has 0 aliphatic carbocycles. The van der Waals surface area contributed by atoms with Crippen LogP contribution >= 0.6 is 31.3 Å². The van der Waals surface area contributed by atoms with Crippen molar-refractivity contribution in [3.05, 3.63) is 0 Å². The first kappa shape index (κ1) is 34.4. The van der Waals surface area contributed by atoms with Gasteiger partial charge in [-0.1, -0.05) is 0 Å². The maximum atomic E-state index is 8.88. The second-order valence-electron chi connectivity index (χ2n) is 2.05. The van der Waals surface area contributed by atoms with Crippen molar-refractivity contribution in [1.82, 2.24) is 0 Å². The Kier molecular flexibility index (Phi) is 23.6. The molecule has 0 aromatic rings. The zero-order valence-corrected chi connectivity index (χ0v) is 12.4. The van der Waals surface area contributed by atoms with Crippen LogP contribution in [0.1, 0.15) is 0 Å². The molecule has 0 atom stereocenters. The van der Waals surface area contributed by atoms with Gasteiger partial charge in [-0.3, -0.25) is 0 Å². The van der Waals surface area contributed by atoms with E-state index in [0.29, 0.717) is 0 Å². The van der Waals surface area contributed by atoms with Crippen LogP contribution in [0.25, 0.3) is 0 Å². The summed E-state index contributed by atoms with van der Waals surface area (Å²) in [5.41, 5.74) is 0. The van der Waals surface area contributed by atoms with Gasteiger partial charge in [0.1, 0.15) is 0 Å². The van der Waals surface area contributed by atoms with Gasteiger partial charge in [-0.15, -0.1) is 0 Å². The van der Waals surface area contributed by atoms with Crippen molar-refractivity contribution in [3.8, 4) is 0 Å². The molecule has 21 heteroatoms. The Bertz CT molecular complexity index is 285. The van der Waals surface area contributed by atoms with Gasteiger partial charge in [0.15, 0.2) is 0 Å². The normalized spacial score (nSPS) is 11.2. The predicted octanol–water partition coefficient (Wildman–Crippen LogP) is -4.36. The third kappa shape index (κ3) is 2060. The van der Waals surface area contributed by atoms with Gasteiger partial charge in [0.25, 0.3) is 0 Å². The van der Waals surface area contributed by atoms with Crippen LogP contribution in [-0.2, 0) is 18.3 Å². The summed E-state index contributed by atoms with van der Waals surface area (Å²) in [7, 11) is -18.6. The summed E-state index contributed by atoms with van der Waals surface area (Å²) in [5, 5.41) is 0. The monoisotopic (exact) mass is 432 g/mol. The molecule has 0 radical (unpaired) electrons. The van der Waals surface area contributed by atoms with Crippen LogP contribution in [0.4, 0.5) is 0 Å². The van der Waals surface area contributed by atoms with E-state index in [4.69, 9.17) is 77.0 Å². The zero-order chi connectivity index (χ0) is 18.0. The molecule has 12 N–H and O–H groups in total. The van der Waals surface area contributed by atoms with Gasteiger partial charge in [0.05, 0.1) is 0 Å². The van der Waals surface area contributed by atoms with Gasteiger partial charge in [-0.05, 0) is 0 Å². The van der Waals surface area contributed by atoms with Crippen LogP contribution in [0.5, 0.6) is 0 Å². The van der Waals surface area contributed by atoms with Crippen LogP contribution in [-0.4, -0.2) is 110 Å². The minimum atomic E-state index is -4.64. The standard InChI is InChI=1S/K.4H3O4P.H/c;4*1-5(2,3)4;/h;4*(H3,1,2,3,4);. The second kappa shape index (κ2) is 14.4. The molecule has 0 amide bonds. The molecule has 0 heterocycles. The van der Waals surface area contributed by atoms with E-state index in [1.807, 2.05) is 0 Å². The second-order valence-corrected chi connectivity index (χ2v) is 6.16. The minimum absolute atomic E-state index is 0. The zero-order valence-electron chi connectivity index (χ0n) is 8.79. The molecule has 0 aromatic heterocycles. The maximum absolute atomic E-state index is 8.88. The van der Waals surface area contributed by atoms with Gasteiger partial charge in [-0.2, -0.15) is 0 Å². The van der Waals surface area contributed by atoms with E-state index < -0.39 is 31.3 Å².